The smallest absolute Gasteiger partial charge is 0.341 e. The van der Waals surface area contributed by atoms with E-state index in [1.807, 2.05) is 38.1 Å². The topological polar surface area (TPSA) is 55.4 Å². The zero-order valence-corrected chi connectivity index (χ0v) is 16.2. The lowest BCUT2D eigenvalue weighted by Gasteiger charge is -2.08. The van der Waals surface area contributed by atoms with E-state index in [-0.39, 0.29) is 5.91 Å². The predicted octanol–water partition coefficient (Wildman–Crippen LogP) is 4.68. The van der Waals surface area contributed by atoms with Gasteiger partial charge in [-0.15, -0.1) is 29.7 Å². The van der Waals surface area contributed by atoms with Gasteiger partial charge in [0.25, 0.3) is 0 Å². The summed E-state index contributed by atoms with van der Waals surface area (Å²) >= 11 is 2.86. The predicted molar refractivity (Wildman–Crippen MR) is 107 cm³/mol. The number of hydrogen-bond donors (Lipinski definition) is 1. The van der Waals surface area contributed by atoms with Crippen molar-refractivity contribution < 1.29 is 14.3 Å². The van der Waals surface area contributed by atoms with E-state index in [4.69, 9.17) is 4.74 Å². The van der Waals surface area contributed by atoms with Gasteiger partial charge in [0.1, 0.15) is 10.6 Å². The quantitative estimate of drug-likeness (QED) is 0.434. The largest absolute Gasteiger partial charge is 0.465 e. The minimum absolute atomic E-state index is 0.145. The van der Waals surface area contributed by atoms with Crippen molar-refractivity contribution in [2.45, 2.75) is 13.8 Å². The van der Waals surface area contributed by atoms with Gasteiger partial charge in [-0.1, -0.05) is 35.9 Å². The molecule has 0 radical (unpaired) electrons. The number of carbonyl (C=O) groups is 2. The lowest BCUT2D eigenvalue weighted by molar-refractivity contribution is -0.113. The van der Waals surface area contributed by atoms with Crippen LogP contribution in [0.25, 0.3) is 11.1 Å². The van der Waals surface area contributed by atoms with Crippen molar-refractivity contribution in [1.82, 2.24) is 0 Å². The van der Waals surface area contributed by atoms with Gasteiger partial charge in [-0.2, -0.15) is 0 Å². The number of carbonyl (C=O) groups excluding carboxylic acids is 2. The van der Waals surface area contributed by atoms with Crippen molar-refractivity contribution >= 4 is 40.0 Å². The highest BCUT2D eigenvalue weighted by atomic mass is 32.2. The third kappa shape index (κ3) is 4.74. The van der Waals surface area contributed by atoms with Crippen LogP contribution < -0.4 is 5.32 Å². The number of thioether (sulfide) groups is 1. The van der Waals surface area contributed by atoms with Crippen molar-refractivity contribution in [3.05, 3.63) is 52.9 Å². The number of thiophene rings is 1. The number of anilines is 1. The van der Waals surface area contributed by atoms with Crippen LogP contribution in [0.4, 0.5) is 5.00 Å². The SMILES string of the molecule is C=CCSCC(=O)Nc1sc(C)c(-c2ccc(C)cc2)c1C(=O)OC. The summed E-state index contributed by atoms with van der Waals surface area (Å²) in [5.74, 6) is 0.418. The summed E-state index contributed by atoms with van der Waals surface area (Å²) in [6, 6.07) is 7.94. The Kier molecular flexibility index (Phi) is 6.84. The second-order valence-corrected chi connectivity index (χ2v) is 7.70. The maximum absolute atomic E-state index is 12.4. The van der Waals surface area contributed by atoms with Crippen LogP contribution in [0, 0.1) is 13.8 Å². The van der Waals surface area contributed by atoms with Crippen LogP contribution in [-0.4, -0.2) is 30.5 Å². The van der Waals surface area contributed by atoms with Crippen LogP contribution in [0.5, 0.6) is 0 Å². The van der Waals surface area contributed by atoms with Crippen LogP contribution in [0.2, 0.25) is 0 Å². The van der Waals surface area contributed by atoms with Crippen LogP contribution in [0.15, 0.2) is 36.9 Å². The number of benzene rings is 1. The summed E-state index contributed by atoms with van der Waals surface area (Å²) in [4.78, 5) is 25.5. The van der Waals surface area contributed by atoms with E-state index in [1.54, 1.807) is 6.08 Å². The zero-order valence-electron chi connectivity index (χ0n) is 14.5. The number of hydrogen-bond acceptors (Lipinski definition) is 5. The van der Waals surface area contributed by atoms with Crippen LogP contribution in [-0.2, 0) is 9.53 Å². The summed E-state index contributed by atoms with van der Waals surface area (Å²) in [7, 11) is 1.35. The molecule has 0 saturated heterocycles. The molecule has 0 aliphatic carbocycles. The molecule has 0 saturated carbocycles. The fraction of sp³-hybridized carbons (Fsp3) is 0.263. The molecule has 1 heterocycles. The van der Waals surface area contributed by atoms with Gasteiger partial charge in [-0.25, -0.2) is 4.79 Å². The first-order valence-corrected chi connectivity index (χ1v) is 9.72. The molecule has 0 atom stereocenters. The highest BCUT2D eigenvalue weighted by molar-refractivity contribution is 8.00. The Bertz CT molecular complexity index is 779. The maximum Gasteiger partial charge on any atom is 0.341 e. The fourth-order valence-corrected chi connectivity index (χ4v) is 4.02. The van der Waals surface area contributed by atoms with Crippen LogP contribution >= 0.6 is 23.1 Å². The molecule has 2 aromatic rings. The molecule has 0 fully saturated rings. The van der Waals surface area contributed by atoms with Crippen molar-refractivity contribution in [3.8, 4) is 11.1 Å². The second-order valence-electron chi connectivity index (χ2n) is 5.45. The molecular weight excluding hydrogens is 354 g/mol. The van der Waals surface area contributed by atoms with E-state index in [2.05, 4.69) is 11.9 Å². The molecule has 0 aliphatic heterocycles. The number of esters is 1. The minimum Gasteiger partial charge on any atom is -0.465 e. The molecule has 132 valence electrons. The van der Waals surface area contributed by atoms with Gasteiger partial charge in [0.2, 0.25) is 5.91 Å². The van der Waals surface area contributed by atoms with E-state index >= 15 is 0 Å². The van der Waals surface area contributed by atoms with Gasteiger partial charge in [0.15, 0.2) is 0 Å². The molecule has 0 bridgehead atoms. The molecule has 0 unspecified atom stereocenters. The molecule has 1 N–H and O–H groups in total. The molecule has 4 nitrogen and oxygen atoms in total. The summed E-state index contributed by atoms with van der Waals surface area (Å²) in [5, 5.41) is 3.38. The fourth-order valence-electron chi connectivity index (χ4n) is 2.40. The zero-order chi connectivity index (χ0) is 18.4. The Hall–Kier alpha value is -2.05. The molecule has 25 heavy (non-hydrogen) atoms. The molecule has 1 amide bonds. The van der Waals surface area contributed by atoms with Gasteiger partial charge in [-0.05, 0) is 19.4 Å². The Balaban J connectivity index is 2.39. The molecular formula is C19H21NO3S2. The Morgan fingerprint density at radius 1 is 1.28 bits per heavy atom. The van der Waals surface area contributed by atoms with Crippen LogP contribution in [0.1, 0.15) is 20.8 Å². The average molecular weight is 376 g/mol. The van der Waals surface area contributed by atoms with Crippen molar-refractivity contribution in [2.75, 3.05) is 23.9 Å². The third-order valence-corrected chi connectivity index (χ3v) is 5.49. The average Bonchev–Trinajstić information content (AvgIpc) is 2.91. The first-order valence-electron chi connectivity index (χ1n) is 7.75. The lowest BCUT2D eigenvalue weighted by Crippen LogP contribution is -2.16. The van der Waals surface area contributed by atoms with E-state index in [1.165, 1.54) is 30.2 Å². The van der Waals surface area contributed by atoms with Gasteiger partial charge in [0.05, 0.1) is 12.9 Å². The lowest BCUT2D eigenvalue weighted by atomic mass is 10.0. The summed E-state index contributed by atoms with van der Waals surface area (Å²) in [5.41, 5.74) is 3.30. The van der Waals surface area contributed by atoms with Gasteiger partial charge in [-0.3, -0.25) is 4.79 Å². The summed E-state index contributed by atoms with van der Waals surface area (Å²) in [6.07, 6.45) is 1.75. The minimum atomic E-state index is -0.450. The molecule has 2 rings (SSSR count). The normalized spacial score (nSPS) is 10.4. The molecule has 6 heteroatoms. The highest BCUT2D eigenvalue weighted by Crippen LogP contribution is 2.40. The van der Waals surface area contributed by atoms with Crippen molar-refractivity contribution in [3.63, 3.8) is 0 Å². The van der Waals surface area contributed by atoms with Crippen molar-refractivity contribution in [2.24, 2.45) is 0 Å². The Morgan fingerprint density at radius 3 is 2.56 bits per heavy atom. The molecule has 0 spiro atoms. The standard InChI is InChI=1S/C19H21NO3S2/c1-5-10-24-11-15(21)20-18-17(19(22)23-4)16(13(3)25-18)14-8-6-12(2)7-9-14/h5-9H,1,10-11H2,2-4H3,(H,20,21). The number of aryl methyl sites for hydroxylation is 2. The summed E-state index contributed by atoms with van der Waals surface area (Å²) < 4.78 is 4.95. The van der Waals surface area contributed by atoms with E-state index in [0.717, 1.165) is 21.6 Å². The second kappa shape index (κ2) is 8.87. The number of amides is 1. The number of methoxy groups -OCH3 is 1. The van der Waals surface area contributed by atoms with Gasteiger partial charge >= 0.3 is 5.97 Å². The Labute approximate surface area is 156 Å². The first-order chi connectivity index (χ1) is 12.0. The molecule has 1 aromatic carbocycles. The van der Waals surface area contributed by atoms with E-state index in [0.29, 0.717) is 22.1 Å². The van der Waals surface area contributed by atoms with Gasteiger partial charge in [0, 0.05) is 16.2 Å². The number of nitrogens with one attached hydrogen (secondary N) is 1. The van der Waals surface area contributed by atoms with E-state index in [9.17, 15) is 9.59 Å². The monoisotopic (exact) mass is 375 g/mol. The number of ether oxygens (including phenoxy) is 1. The molecule has 0 aliphatic rings. The maximum atomic E-state index is 12.4. The van der Waals surface area contributed by atoms with Crippen molar-refractivity contribution in [1.29, 1.82) is 0 Å². The highest BCUT2D eigenvalue weighted by Gasteiger charge is 2.25. The Morgan fingerprint density at radius 2 is 1.96 bits per heavy atom. The van der Waals surface area contributed by atoms with Gasteiger partial charge < -0.3 is 10.1 Å². The van der Waals surface area contributed by atoms with E-state index < -0.39 is 5.97 Å². The van der Waals surface area contributed by atoms with Crippen LogP contribution in [0.3, 0.4) is 0 Å². The first kappa shape index (κ1) is 19.3. The number of rotatable bonds is 7. The molecule has 1 aromatic heterocycles. The third-order valence-electron chi connectivity index (χ3n) is 3.54. The summed E-state index contributed by atoms with van der Waals surface area (Å²) in [6.45, 7) is 7.58.